The third-order valence-electron chi connectivity index (χ3n) is 6.91. The number of benzene rings is 1. The predicted octanol–water partition coefficient (Wildman–Crippen LogP) is 3.55. The van der Waals surface area contributed by atoms with E-state index in [-0.39, 0.29) is 5.56 Å². The number of nitrogens with zero attached hydrogens (tertiary/aromatic N) is 3. The van der Waals surface area contributed by atoms with Gasteiger partial charge in [-0.05, 0) is 66.8 Å². The van der Waals surface area contributed by atoms with Crippen molar-refractivity contribution in [1.29, 1.82) is 0 Å². The second-order valence-corrected chi connectivity index (χ2v) is 8.77. The van der Waals surface area contributed by atoms with Gasteiger partial charge in [0, 0.05) is 49.8 Å². The molecule has 0 spiro atoms. The fourth-order valence-corrected chi connectivity index (χ4v) is 5.06. The van der Waals surface area contributed by atoms with Crippen molar-refractivity contribution in [2.24, 2.45) is 0 Å². The Balaban J connectivity index is 1.28. The van der Waals surface area contributed by atoms with Gasteiger partial charge in [-0.25, -0.2) is 4.79 Å². The first kappa shape index (κ1) is 21.4. The Morgan fingerprint density at radius 3 is 2.76 bits per heavy atom. The minimum atomic E-state index is -0.865. The van der Waals surface area contributed by atoms with E-state index in [1.54, 1.807) is 24.4 Å². The quantitative estimate of drug-likeness (QED) is 0.626. The Bertz CT molecular complexity index is 1290. The number of piperazine rings is 1. The topological polar surface area (TPSA) is 89.5 Å². The van der Waals surface area contributed by atoms with E-state index in [4.69, 9.17) is 0 Å². The summed E-state index contributed by atoms with van der Waals surface area (Å²) in [6.07, 6.45) is 6.71. The van der Waals surface area contributed by atoms with Crippen molar-refractivity contribution in [1.82, 2.24) is 14.9 Å². The summed E-state index contributed by atoms with van der Waals surface area (Å²) in [7, 11) is 0. The van der Waals surface area contributed by atoms with Gasteiger partial charge >= 0.3 is 5.97 Å². The van der Waals surface area contributed by atoms with Crippen LogP contribution < -0.4 is 10.5 Å². The molecule has 3 heterocycles. The van der Waals surface area contributed by atoms with E-state index in [0.29, 0.717) is 23.4 Å². The molecule has 1 aliphatic heterocycles. The van der Waals surface area contributed by atoms with E-state index in [2.05, 4.69) is 25.8 Å². The average molecular weight is 445 g/mol. The number of H-pyrrole nitrogens is 1. The van der Waals surface area contributed by atoms with Crippen LogP contribution in [-0.2, 0) is 6.42 Å². The number of hydrogen-bond donors (Lipinski definition) is 2. The molecule has 3 aromatic rings. The highest BCUT2D eigenvalue weighted by molar-refractivity contribution is 5.90. The number of aromatic nitrogens is 2. The Hall–Kier alpha value is -3.45. The second kappa shape index (κ2) is 8.83. The Kier molecular flexibility index (Phi) is 5.72. The lowest BCUT2D eigenvalue weighted by atomic mass is 10.0. The SMILES string of the molecule is CCc1cc(N2CCN(C3C=C(c4cc5ncccc5c(=O)[nH]4)CC3)CC2)ccc1C(=O)O. The third kappa shape index (κ3) is 4.16. The number of nitrogens with one attached hydrogen (secondary N) is 1. The molecule has 0 amide bonds. The molecular weight excluding hydrogens is 416 g/mol. The number of carboxylic acid groups (broad SMARTS) is 1. The summed E-state index contributed by atoms with van der Waals surface area (Å²) < 4.78 is 0. The number of aryl methyl sites for hydroxylation is 1. The molecule has 0 bridgehead atoms. The Labute approximate surface area is 192 Å². The summed E-state index contributed by atoms with van der Waals surface area (Å²) in [5.74, 6) is -0.865. The molecule has 1 aliphatic carbocycles. The number of fused-ring (bicyclic) bond motifs is 1. The van der Waals surface area contributed by atoms with Crippen LogP contribution in [0.3, 0.4) is 0 Å². The summed E-state index contributed by atoms with van der Waals surface area (Å²) >= 11 is 0. The Morgan fingerprint density at radius 2 is 2.00 bits per heavy atom. The van der Waals surface area contributed by atoms with Crippen LogP contribution in [0.4, 0.5) is 5.69 Å². The van der Waals surface area contributed by atoms with Gasteiger partial charge in [-0.3, -0.25) is 14.7 Å². The maximum Gasteiger partial charge on any atom is 0.335 e. The van der Waals surface area contributed by atoms with E-state index in [1.807, 2.05) is 25.1 Å². The Morgan fingerprint density at radius 1 is 1.18 bits per heavy atom. The molecule has 1 atom stereocenters. The van der Waals surface area contributed by atoms with Crippen molar-refractivity contribution in [3.63, 3.8) is 0 Å². The van der Waals surface area contributed by atoms with Gasteiger partial charge in [-0.2, -0.15) is 0 Å². The molecule has 7 nitrogen and oxygen atoms in total. The van der Waals surface area contributed by atoms with Crippen LogP contribution in [0, 0.1) is 0 Å². The first-order chi connectivity index (χ1) is 16.0. The smallest absolute Gasteiger partial charge is 0.335 e. The summed E-state index contributed by atoms with van der Waals surface area (Å²) in [4.78, 5) is 36.1. The van der Waals surface area contributed by atoms with Crippen LogP contribution in [-0.4, -0.2) is 58.2 Å². The summed E-state index contributed by atoms with van der Waals surface area (Å²) in [6, 6.07) is 11.6. The maximum absolute atomic E-state index is 12.4. The first-order valence-electron chi connectivity index (χ1n) is 11.6. The van der Waals surface area contributed by atoms with Crippen molar-refractivity contribution in [3.05, 3.63) is 75.8 Å². The van der Waals surface area contributed by atoms with E-state index in [9.17, 15) is 14.7 Å². The lowest BCUT2D eigenvalue weighted by Gasteiger charge is -2.38. The highest BCUT2D eigenvalue weighted by Crippen LogP contribution is 2.31. The van der Waals surface area contributed by atoms with Crippen molar-refractivity contribution >= 4 is 28.1 Å². The molecule has 33 heavy (non-hydrogen) atoms. The molecule has 1 aromatic carbocycles. The molecule has 7 heteroatoms. The van der Waals surface area contributed by atoms with Crippen molar-refractivity contribution in [2.45, 2.75) is 32.2 Å². The summed E-state index contributed by atoms with van der Waals surface area (Å²) in [5, 5.41) is 10.00. The summed E-state index contributed by atoms with van der Waals surface area (Å²) in [6.45, 7) is 5.71. The standard InChI is InChI=1S/C26H28N4O3/c1-2-17-14-20(7-8-21(17)26(32)33)30-12-10-29(11-13-30)19-6-5-18(15-19)23-16-24-22(25(31)28-23)4-3-9-27-24/h3-4,7-9,14-16,19H,2,5-6,10-13H2,1H3,(H,28,31)(H,32,33). The largest absolute Gasteiger partial charge is 0.478 e. The van der Waals surface area contributed by atoms with Crippen LogP contribution in [0.25, 0.3) is 16.5 Å². The van der Waals surface area contributed by atoms with Gasteiger partial charge in [0.1, 0.15) is 0 Å². The molecule has 0 radical (unpaired) electrons. The normalized spacial score (nSPS) is 19.1. The van der Waals surface area contributed by atoms with Crippen molar-refractivity contribution < 1.29 is 9.90 Å². The number of carboxylic acids is 1. The van der Waals surface area contributed by atoms with Crippen LogP contribution in [0.5, 0.6) is 0 Å². The summed E-state index contributed by atoms with van der Waals surface area (Å²) in [5.41, 5.74) is 5.07. The molecule has 1 saturated heterocycles. The van der Waals surface area contributed by atoms with E-state index in [1.165, 1.54) is 5.57 Å². The molecule has 5 rings (SSSR count). The van der Waals surface area contributed by atoms with E-state index >= 15 is 0 Å². The zero-order chi connectivity index (χ0) is 22.9. The maximum atomic E-state index is 12.4. The minimum Gasteiger partial charge on any atom is -0.478 e. The molecule has 0 saturated carbocycles. The predicted molar refractivity (Wildman–Crippen MR) is 130 cm³/mol. The van der Waals surface area contributed by atoms with Crippen LogP contribution >= 0.6 is 0 Å². The zero-order valence-corrected chi connectivity index (χ0v) is 18.8. The number of pyridine rings is 2. The molecule has 2 aliphatic rings. The molecule has 1 fully saturated rings. The number of aromatic carboxylic acids is 1. The third-order valence-corrected chi connectivity index (χ3v) is 6.91. The number of hydrogen-bond acceptors (Lipinski definition) is 5. The van der Waals surface area contributed by atoms with Gasteiger partial charge in [0.05, 0.1) is 16.5 Å². The van der Waals surface area contributed by atoms with Gasteiger partial charge in [-0.15, -0.1) is 0 Å². The highest BCUT2D eigenvalue weighted by atomic mass is 16.4. The van der Waals surface area contributed by atoms with Crippen LogP contribution in [0.1, 0.15) is 41.4 Å². The number of carbonyl (C=O) groups is 1. The van der Waals surface area contributed by atoms with Crippen molar-refractivity contribution in [2.75, 3.05) is 31.1 Å². The zero-order valence-electron chi connectivity index (χ0n) is 18.8. The molecule has 2 aromatic heterocycles. The number of anilines is 1. The molecular formula is C26H28N4O3. The number of rotatable bonds is 5. The number of aromatic amines is 1. The lowest BCUT2D eigenvalue weighted by molar-refractivity contribution is 0.0695. The van der Waals surface area contributed by atoms with Crippen LogP contribution in [0.2, 0.25) is 0 Å². The second-order valence-electron chi connectivity index (χ2n) is 8.77. The van der Waals surface area contributed by atoms with Crippen molar-refractivity contribution in [3.8, 4) is 0 Å². The minimum absolute atomic E-state index is 0.0890. The van der Waals surface area contributed by atoms with Gasteiger partial charge in [0.2, 0.25) is 0 Å². The highest BCUT2D eigenvalue weighted by Gasteiger charge is 2.27. The molecule has 2 N–H and O–H groups in total. The fraction of sp³-hybridized carbons (Fsp3) is 0.346. The number of allylic oxidation sites excluding steroid dienone is 1. The van der Waals surface area contributed by atoms with Gasteiger partial charge in [-0.1, -0.05) is 13.0 Å². The molecule has 170 valence electrons. The van der Waals surface area contributed by atoms with Crippen LogP contribution in [0.15, 0.2) is 53.5 Å². The van der Waals surface area contributed by atoms with Gasteiger partial charge in [0.25, 0.3) is 5.56 Å². The van der Waals surface area contributed by atoms with Gasteiger partial charge in [0.15, 0.2) is 0 Å². The van der Waals surface area contributed by atoms with E-state index in [0.717, 1.165) is 61.5 Å². The average Bonchev–Trinajstić information content (AvgIpc) is 3.34. The van der Waals surface area contributed by atoms with Gasteiger partial charge < -0.3 is 15.0 Å². The monoisotopic (exact) mass is 444 g/mol. The van der Waals surface area contributed by atoms with E-state index < -0.39 is 5.97 Å². The molecule has 1 unspecified atom stereocenters. The lowest BCUT2D eigenvalue weighted by Crippen LogP contribution is -2.49. The first-order valence-corrected chi connectivity index (χ1v) is 11.6. The fourth-order valence-electron chi connectivity index (χ4n) is 5.06.